The van der Waals surface area contributed by atoms with Crippen molar-refractivity contribution < 1.29 is 9.53 Å². The molecule has 0 N–H and O–H groups in total. The average molecular weight is 435 g/mol. The number of aryl methyl sites for hydroxylation is 1. The molecule has 4 rings (SSSR count). The first kappa shape index (κ1) is 22.2. The topological polar surface area (TPSA) is 50.6 Å². The molecule has 1 amide bonds. The molecule has 0 bridgehead atoms. The maximum absolute atomic E-state index is 12.5. The van der Waals surface area contributed by atoms with Gasteiger partial charge in [-0.2, -0.15) is 0 Å². The average Bonchev–Trinajstić information content (AvgIpc) is 3.12. The van der Waals surface area contributed by atoms with Crippen molar-refractivity contribution in [3.63, 3.8) is 0 Å². The highest BCUT2D eigenvalue weighted by molar-refractivity contribution is 5.79. The van der Waals surface area contributed by atoms with Crippen LogP contribution in [0.15, 0.2) is 48.5 Å². The molecule has 0 spiro atoms. The highest BCUT2D eigenvalue weighted by Gasteiger charge is 2.30. The molecule has 1 aliphatic heterocycles. The first-order chi connectivity index (χ1) is 15.2. The number of anilines is 1. The Morgan fingerprint density at radius 2 is 1.75 bits per heavy atom. The maximum atomic E-state index is 12.5. The van der Waals surface area contributed by atoms with Crippen LogP contribution in [-0.2, 0) is 11.3 Å². The third-order valence-electron chi connectivity index (χ3n) is 6.20. The molecule has 2 aromatic carbocycles. The van der Waals surface area contributed by atoms with Gasteiger partial charge in [0, 0.05) is 26.2 Å². The zero-order valence-corrected chi connectivity index (χ0v) is 19.8. The van der Waals surface area contributed by atoms with Crippen LogP contribution in [0.4, 0.5) is 10.7 Å². The van der Waals surface area contributed by atoms with Gasteiger partial charge in [0.2, 0.25) is 5.95 Å². The lowest BCUT2D eigenvalue weighted by Gasteiger charge is -2.37. The molecule has 0 saturated carbocycles. The molecule has 1 fully saturated rings. The van der Waals surface area contributed by atoms with Gasteiger partial charge in [-0.1, -0.05) is 36.4 Å². The van der Waals surface area contributed by atoms with Gasteiger partial charge in [-0.15, -0.1) is 0 Å². The molecule has 1 saturated heterocycles. The Hall–Kier alpha value is -3.02. The molecule has 1 aliphatic rings. The normalized spacial score (nSPS) is 15.2. The summed E-state index contributed by atoms with van der Waals surface area (Å²) in [6, 6.07) is 17.0. The summed E-state index contributed by atoms with van der Waals surface area (Å²) in [5.41, 5.74) is 4.28. The Morgan fingerprint density at radius 3 is 2.44 bits per heavy atom. The quantitative estimate of drug-likeness (QED) is 0.564. The van der Waals surface area contributed by atoms with E-state index in [4.69, 9.17) is 9.72 Å². The number of hydrogen-bond donors (Lipinski definition) is 0. The first-order valence-electron chi connectivity index (χ1n) is 11.4. The molecule has 2 heterocycles. The van der Waals surface area contributed by atoms with E-state index in [0.29, 0.717) is 0 Å². The second kappa shape index (κ2) is 8.85. The van der Waals surface area contributed by atoms with Gasteiger partial charge in [-0.3, -0.25) is 0 Å². The van der Waals surface area contributed by atoms with Gasteiger partial charge < -0.3 is 19.1 Å². The van der Waals surface area contributed by atoms with Crippen LogP contribution in [0.3, 0.4) is 0 Å². The number of fused-ring (bicyclic) bond motifs is 1. The van der Waals surface area contributed by atoms with E-state index in [1.54, 1.807) is 4.90 Å². The van der Waals surface area contributed by atoms with Crippen molar-refractivity contribution in [3.8, 4) is 0 Å². The van der Waals surface area contributed by atoms with Crippen molar-refractivity contribution in [2.75, 3.05) is 25.0 Å². The van der Waals surface area contributed by atoms with Crippen LogP contribution in [0.5, 0.6) is 0 Å². The van der Waals surface area contributed by atoms with E-state index >= 15 is 0 Å². The largest absolute Gasteiger partial charge is 0.444 e. The van der Waals surface area contributed by atoms with E-state index in [0.717, 1.165) is 49.5 Å². The smallest absolute Gasteiger partial charge is 0.410 e. The van der Waals surface area contributed by atoms with E-state index in [1.165, 1.54) is 11.1 Å². The Kier molecular flexibility index (Phi) is 6.13. The Bertz CT molecular complexity index is 1090. The third-order valence-corrected chi connectivity index (χ3v) is 6.20. The minimum absolute atomic E-state index is 0.176. The van der Waals surface area contributed by atoms with Gasteiger partial charge in [0.15, 0.2) is 0 Å². The monoisotopic (exact) mass is 434 g/mol. The summed E-state index contributed by atoms with van der Waals surface area (Å²) in [6.45, 7) is 10.4. The third kappa shape index (κ3) is 4.74. The van der Waals surface area contributed by atoms with Gasteiger partial charge >= 0.3 is 6.09 Å². The van der Waals surface area contributed by atoms with Crippen LogP contribution in [0, 0.1) is 6.92 Å². The van der Waals surface area contributed by atoms with Crippen LogP contribution in [0.1, 0.15) is 44.7 Å². The number of hydrogen-bond acceptors (Lipinski definition) is 4. The number of benzene rings is 2. The van der Waals surface area contributed by atoms with Crippen LogP contribution >= 0.6 is 0 Å². The number of amides is 1. The fourth-order valence-electron chi connectivity index (χ4n) is 4.35. The predicted octanol–water partition coefficient (Wildman–Crippen LogP) is 5.23. The Balaban J connectivity index is 1.54. The number of para-hydroxylation sites is 2. The van der Waals surface area contributed by atoms with E-state index in [1.807, 2.05) is 33.9 Å². The van der Waals surface area contributed by atoms with Gasteiger partial charge in [0.05, 0.1) is 17.6 Å². The van der Waals surface area contributed by atoms with Crippen LogP contribution in [0.25, 0.3) is 11.0 Å². The predicted molar refractivity (Wildman–Crippen MR) is 129 cm³/mol. The molecule has 32 heavy (non-hydrogen) atoms. The van der Waals surface area contributed by atoms with Gasteiger partial charge in [-0.05, 0) is 63.8 Å². The van der Waals surface area contributed by atoms with Crippen molar-refractivity contribution in [2.24, 2.45) is 0 Å². The van der Waals surface area contributed by atoms with Crippen LogP contribution < -0.4 is 4.90 Å². The maximum Gasteiger partial charge on any atom is 0.410 e. The molecule has 0 aliphatic carbocycles. The SMILES string of the molecule is Cc1ccccc1Cn1c(N2CCC(N(C)C(=O)OC(C)(C)C)CC2)nc2ccccc21. The lowest BCUT2D eigenvalue weighted by Crippen LogP contribution is -2.47. The molecular formula is C26H34N4O2. The number of imidazole rings is 1. The summed E-state index contributed by atoms with van der Waals surface area (Å²) in [4.78, 5) is 21.6. The van der Waals surface area contributed by atoms with Gasteiger partial charge in [0.1, 0.15) is 5.60 Å². The number of piperidine rings is 1. The number of rotatable bonds is 4. The minimum Gasteiger partial charge on any atom is -0.444 e. The van der Waals surface area contributed by atoms with Crippen LogP contribution in [0.2, 0.25) is 0 Å². The fraction of sp³-hybridized carbons (Fsp3) is 0.462. The molecule has 0 atom stereocenters. The lowest BCUT2D eigenvalue weighted by molar-refractivity contribution is 0.0200. The number of carbonyl (C=O) groups excluding carboxylic acids is 1. The Labute approximate surface area is 190 Å². The molecule has 170 valence electrons. The summed E-state index contributed by atoms with van der Waals surface area (Å²) < 4.78 is 7.89. The second-order valence-corrected chi connectivity index (χ2v) is 9.72. The van der Waals surface area contributed by atoms with E-state index in [-0.39, 0.29) is 12.1 Å². The van der Waals surface area contributed by atoms with Gasteiger partial charge in [0.25, 0.3) is 0 Å². The Morgan fingerprint density at radius 1 is 1.09 bits per heavy atom. The highest BCUT2D eigenvalue weighted by atomic mass is 16.6. The zero-order valence-electron chi connectivity index (χ0n) is 19.8. The fourth-order valence-corrected chi connectivity index (χ4v) is 4.35. The summed E-state index contributed by atoms with van der Waals surface area (Å²) in [5, 5.41) is 0. The first-order valence-corrected chi connectivity index (χ1v) is 11.4. The zero-order chi connectivity index (χ0) is 22.9. The lowest BCUT2D eigenvalue weighted by atomic mass is 10.0. The summed E-state index contributed by atoms with van der Waals surface area (Å²) in [7, 11) is 1.85. The summed E-state index contributed by atoms with van der Waals surface area (Å²) >= 11 is 0. The van der Waals surface area contributed by atoms with E-state index < -0.39 is 5.60 Å². The van der Waals surface area contributed by atoms with Crippen molar-refractivity contribution >= 4 is 23.1 Å². The molecular weight excluding hydrogens is 400 g/mol. The van der Waals surface area contributed by atoms with Gasteiger partial charge in [-0.25, -0.2) is 9.78 Å². The van der Waals surface area contributed by atoms with E-state index in [2.05, 4.69) is 58.9 Å². The molecule has 0 unspecified atom stereocenters. The number of nitrogens with zero attached hydrogens (tertiary/aromatic N) is 4. The summed E-state index contributed by atoms with van der Waals surface area (Å²) in [6.07, 6.45) is 1.54. The minimum atomic E-state index is -0.480. The number of carbonyl (C=O) groups is 1. The van der Waals surface area contributed by atoms with Crippen molar-refractivity contribution in [2.45, 2.75) is 58.7 Å². The second-order valence-electron chi connectivity index (χ2n) is 9.72. The number of aromatic nitrogens is 2. The van der Waals surface area contributed by atoms with Crippen molar-refractivity contribution in [1.82, 2.24) is 14.5 Å². The summed E-state index contributed by atoms with van der Waals surface area (Å²) in [5.74, 6) is 1.01. The van der Waals surface area contributed by atoms with Crippen molar-refractivity contribution in [3.05, 3.63) is 59.7 Å². The molecule has 0 radical (unpaired) electrons. The molecule has 1 aromatic heterocycles. The van der Waals surface area contributed by atoms with E-state index in [9.17, 15) is 4.79 Å². The molecule has 3 aromatic rings. The standard InChI is InChI=1S/C26H34N4O2/c1-19-10-6-7-11-20(19)18-30-23-13-9-8-12-22(23)27-24(30)29-16-14-21(15-17-29)28(5)25(31)32-26(2,3)4/h6-13,21H,14-18H2,1-5H3. The number of ether oxygens (including phenoxy) is 1. The molecule has 6 heteroatoms. The van der Waals surface area contributed by atoms with Crippen molar-refractivity contribution in [1.29, 1.82) is 0 Å². The highest BCUT2D eigenvalue weighted by Crippen LogP contribution is 2.28. The van der Waals surface area contributed by atoms with Crippen LogP contribution in [-0.4, -0.2) is 52.3 Å². The molecule has 6 nitrogen and oxygen atoms in total.